The maximum absolute atomic E-state index is 10.9. The molecule has 2 N–H and O–H groups in total. The number of hydrogen-bond acceptors (Lipinski definition) is 4. The molecule has 4 bridgehead atoms. The van der Waals surface area contributed by atoms with E-state index in [4.69, 9.17) is 5.11 Å². The summed E-state index contributed by atoms with van der Waals surface area (Å²) >= 11 is 0. The van der Waals surface area contributed by atoms with Gasteiger partial charge in [0.25, 0.3) is 0 Å². The van der Waals surface area contributed by atoms with Crippen molar-refractivity contribution in [3.8, 4) is 0 Å². The van der Waals surface area contributed by atoms with E-state index in [2.05, 4.69) is 30.6 Å². The second-order valence-corrected chi connectivity index (χ2v) is 7.53. The molecule has 0 saturated carbocycles. The molecule has 108 valence electrons. The number of aliphatic hydroxyl groups is 1. The first-order valence-electron chi connectivity index (χ1n) is 7.10. The first-order chi connectivity index (χ1) is 8.70. The molecule has 5 heteroatoms. The number of nitrogens with zero attached hydrogens (tertiary/aromatic N) is 2. The van der Waals surface area contributed by atoms with Gasteiger partial charge < -0.3 is 10.2 Å². The van der Waals surface area contributed by atoms with Gasteiger partial charge in [-0.2, -0.15) is 0 Å². The van der Waals surface area contributed by atoms with E-state index in [1.54, 1.807) is 0 Å². The molecule has 5 nitrogen and oxygen atoms in total. The first-order valence-corrected chi connectivity index (χ1v) is 7.10. The summed E-state index contributed by atoms with van der Waals surface area (Å²) in [4.78, 5) is 15.7. The van der Waals surface area contributed by atoms with Gasteiger partial charge in [-0.25, -0.2) is 0 Å². The van der Waals surface area contributed by atoms with Gasteiger partial charge in [0.1, 0.15) is 0 Å². The highest BCUT2D eigenvalue weighted by atomic mass is 16.4. The number of aliphatic carboxylic acids is 1. The SMILES string of the molecule is CC12CN3CC(C)(CN(C1)C3(C)CCC(=O)O)C2O. The second kappa shape index (κ2) is 3.71. The van der Waals surface area contributed by atoms with Crippen molar-refractivity contribution in [2.45, 2.75) is 45.4 Å². The Kier molecular flexibility index (Phi) is 2.61. The van der Waals surface area contributed by atoms with E-state index in [1.807, 2.05) is 0 Å². The minimum Gasteiger partial charge on any atom is -0.481 e. The van der Waals surface area contributed by atoms with Gasteiger partial charge in [0.2, 0.25) is 0 Å². The average molecular weight is 268 g/mol. The van der Waals surface area contributed by atoms with Crippen LogP contribution in [0.2, 0.25) is 0 Å². The van der Waals surface area contributed by atoms with Crippen molar-refractivity contribution in [2.24, 2.45) is 10.8 Å². The molecule has 4 rings (SSSR count). The molecule has 0 radical (unpaired) electrons. The minimum absolute atomic E-state index is 0.0754. The first kappa shape index (κ1) is 13.3. The van der Waals surface area contributed by atoms with Crippen molar-refractivity contribution in [1.29, 1.82) is 0 Å². The maximum atomic E-state index is 10.9. The highest BCUT2D eigenvalue weighted by molar-refractivity contribution is 5.66. The number of hydrogen-bond donors (Lipinski definition) is 2. The predicted octanol–water partition coefficient (Wildman–Crippen LogP) is 0.586. The Morgan fingerprint density at radius 1 is 1.11 bits per heavy atom. The Labute approximate surface area is 114 Å². The van der Waals surface area contributed by atoms with Gasteiger partial charge in [0, 0.05) is 43.4 Å². The number of piperidine rings is 2. The smallest absolute Gasteiger partial charge is 0.303 e. The van der Waals surface area contributed by atoms with Gasteiger partial charge in [0.15, 0.2) is 0 Å². The van der Waals surface area contributed by atoms with Crippen LogP contribution in [-0.4, -0.2) is 63.9 Å². The second-order valence-electron chi connectivity index (χ2n) is 7.53. The third-order valence-corrected chi connectivity index (χ3v) is 5.70. The number of rotatable bonds is 3. The lowest BCUT2D eigenvalue weighted by Crippen LogP contribution is -2.83. The minimum atomic E-state index is -0.727. The summed E-state index contributed by atoms with van der Waals surface area (Å²) < 4.78 is 0. The van der Waals surface area contributed by atoms with Gasteiger partial charge in [-0.1, -0.05) is 13.8 Å². The van der Waals surface area contributed by atoms with Crippen molar-refractivity contribution in [1.82, 2.24) is 9.80 Å². The molecule has 4 aliphatic heterocycles. The summed E-state index contributed by atoms with van der Waals surface area (Å²) in [7, 11) is 0. The molecular weight excluding hydrogens is 244 g/mol. The Hall–Kier alpha value is -0.650. The third kappa shape index (κ3) is 1.68. The molecule has 0 amide bonds. The zero-order valence-electron chi connectivity index (χ0n) is 12.0. The van der Waals surface area contributed by atoms with Crippen LogP contribution < -0.4 is 0 Å². The van der Waals surface area contributed by atoms with Crippen molar-refractivity contribution in [2.75, 3.05) is 26.2 Å². The molecule has 0 atom stereocenters. The molecule has 0 spiro atoms. The van der Waals surface area contributed by atoms with E-state index in [9.17, 15) is 9.90 Å². The fourth-order valence-electron chi connectivity index (χ4n) is 4.68. The molecule has 0 unspecified atom stereocenters. The van der Waals surface area contributed by atoms with Crippen LogP contribution in [0.3, 0.4) is 0 Å². The molecule has 19 heavy (non-hydrogen) atoms. The summed E-state index contributed by atoms with van der Waals surface area (Å²) in [5.74, 6) is -0.727. The largest absolute Gasteiger partial charge is 0.481 e. The molecule has 4 saturated heterocycles. The van der Waals surface area contributed by atoms with E-state index in [0.29, 0.717) is 6.42 Å². The van der Waals surface area contributed by atoms with Gasteiger partial charge in [-0.05, 0) is 13.3 Å². The van der Waals surface area contributed by atoms with Crippen LogP contribution in [0.5, 0.6) is 0 Å². The summed E-state index contributed by atoms with van der Waals surface area (Å²) in [6, 6.07) is 0. The molecule has 0 aromatic heterocycles. The van der Waals surface area contributed by atoms with Crippen molar-refractivity contribution in [3.63, 3.8) is 0 Å². The predicted molar refractivity (Wildman–Crippen MR) is 70.6 cm³/mol. The van der Waals surface area contributed by atoms with Crippen LogP contribution in [0.1, 0.15) is 33.6 Å². The van der Waals surface area contributed by atoms with E-state index < -0.39 is 5.97 Å². The summed E-state index contributed by atoms with van der Waals surface area (Å²) in [5, 5.41) is 19.5. The van der Waals surface area contributed by atoms with Crippen LogP contribution in [0.15, 0.2) is 0 Å². The standard InChI is InChI=1S/C14H24N2O3/c1-12-6-15-8-13(2,11(12)19)9-16(7-12)14(15,3)5-4-10(17)18/h11,19H,4-9H2,1-3H3,(H,17,18). The maximum Gasteiger partial charge on any atom is 0.303 e. The van der Waals surface area contributed by atoms with Crippen LogP contribution in [0, 0.1) is 10.8 Å². The van der Waals surface area contributed by atoms with Gasteiger partial charge in [0.05, 0.1) is 11.8 Å². The lowest BCUT2D eigenvalue weighted by molar-refractivity contribution is -0.284. The van der Waals surface area contributed by atoms with Crippen LogP contribution >= 0.6 is 0 Å². The van der Waals surface area contributed by atoms with Crippen LogP contribution in [0.4, 0.5) is 0 Å². The fourth-order valence-corrected chi connectivity index (χ4v) is 4.68. The van der Waals surface area contributed by atoms with Crippen molar-refractivity contribution >= 4 is 5.97 Å². The zero-order valence-corrected chi connectivity index (χ0v) is 12.0. The summed E-state index contributed by atoms with van der Waals surface area (Å²) in [6.45, 7) is 9.96. The number of carbonyl (C=O) groups is 1. The summed E-state index contributed by atoms with van der Waals surface area (Å²) in [6.07, 6.45) is 0.612. The lowest BCUT2D eigenvalue weighted by atomic mass is 9.59. The lowest BCUT2D eigenvalue weighted by Gasteiger charge is -2.72. The summed E-state index contributed by atoms with van der Waals surface area (Å²) in [5.41, 5.74) is -0.306. The van der Waals surface area contributed by atoms with Crippen LogP contribution in [0.25, 0.3) is 0 Å². The van der Waals surface area contributed by atoms with E-state index >= 15 is 0 Å². The van der Waals surface area contributed by atoms with Gasteiger partial charge >= 0.3 is 5.97 Å². The molecule has 0 aliphatic carbocycles. The molecule has 4 aliphatic rings. The quantitative estimate of drug-likeness (QED) is 0.784. The Bertz CT molecular complexity index is 385. The Morgan fingerprint density at radius 3 is 1.89 bits per heavy atom. The third-order valence-electron chi connectivity index (χ3n) is 5.70. The molecule has 4 heterocycles. The Balaban J connectivity index is 1.88. The highest BCUT2D eigenvalue weighted by Gasteiger charge is 2.64. The van der Waals surface area contributed by atoms with Gasteiger partial charge in [-0.3, -0.25) is 14.6 Å². The number of aliphatic hydroxyl groups excluding tert-OH is 1. The fraction of sp³-hybridized carbons (Fsp3) is 0.929. The average Bonchev–Trinajstić information content (AvgIpc) is 2.28. The van der Waals surface area contributed by atoms with Crippen LogP contribution in [-0.2, 0) is 4.79 Å². The molecule has 0 aromatic rings. The highest BCUT2D eigenvalue weighted by Crippen LogP contribution is 2.54. The van der Waals surface area contributed by atoms with Crippen molar-refractivity contribution in [3.05, 3.63) is 0 Å². The van der Waals surface area contributed by atoms with E-state index in [0.717, 1.165) is 26.2 Å². The monoisotopic (exact) mass is 268 g/mol. The van der Waals surface area contributed by atoms with E-state index in [1.165, 1.54) is 0 Å². The molecular formula is C14H24N2O3. The number of carboxylic acid groups (broad SMARTS) is 1. The van der Waals surface area contributed by atoms with E-state index in [-0.39, 0.29) is 29.0 Å². The number of carboxylic acids is 1. The molecule has 0 aromatic carbocycles. The molecule has 4 fully saturated rings. The topological polar surface area (TPSA) is 64.0 Å². The normalized spacial score (nSPS) is 55.5. The van der Waals surface area contributed by atoms with Crippen molar-refractivity contribution < 1.29 is 15.0 Å². The van der Waals surface area contributed by atoms with Gasteiger partial charge in [-0.15, -0.1) is 0 Å². The zero-order chi connectivity index (χ0) is 14.1. The Morgan fingerprint density at radius 2 is 1.53 bits per heavy atom.